The van der Waals surface area contributed by atoms with E-state index in [2.05, 4.69) is 33.3 Å². The maximum absolute atomic E-state index is 11.3. The van der Waals surface area contributed by atoms with Gasteiger partial charge in [-0.1, -0.05) is 37.3 Å². The number of amides is 1. The van der Waals surface area contributed by atoms with E-state index in [9.17, 15) is 4.79 Å². The minimum Gasteiger partial charge on any atom is -0.302 e. The van der Waals surface area contributed by atoms with E-state index >= 15 is 0 Å². The Bertz CT molecular complexity index is 1040. The van der Waals surface area contributed by atoms with Crippen molar-refractivity contribution in [2.75, 3.05) is 32.7 Å². The van der Waals surface area contributed by atoms with Crippen molar-refractivity contribution in [3.8, 4) is 11.3 Å². The van der Waals surface area contributed by atoms with Gasteiger partial charge in [-0.05, 0) is 30.3 Å². The number of likely N-dealkylation sites (N-methyl/N-ethyl adjacent to an activating group) is 1. The molecule has 30 heavy (non-hydrogen) atoms. The summed E-state index contributed by atoms with van der Waals surface area (Å²) in [7, 11) is 0. The van der Waals surface area contributed by atoms with Crippen molar-refractivity contribution in [1.82, 2.24) is 24.7 Å². The van der Waals surface area contributed by atoms with Gasteiger partial charge in [0.1, 0.15) is 5.65 Å². The topological polar surface area (TPSA) is 73.1 Å². The van der Waals surface area contributed by atoms with Crippen LogP contribution in [0.5, 0.6) is 0 Å². The minimum absolute atomic E-state index is 0.560. The summed E-state index contributed by atoms with van der Waals surface area (Å²) in [6.45, 7) is 8.43. The van der Waals surface area contributed by atoms with Crippen LogP contribution in [0.1, 0.15) is 18.2 Å². The van der Waals surface area contributed by atoms with Gasteiger partial charge >= 0.3 is 0 Å². The average Bonchev–Trinajstić information content (AvgIpc) is 3.16. The highest BCUT2D eigenvalue weighted by atomic mass is 16.5. The number of piperazine rings is 1. The molecule has 1 aliphatic rings. The summed E-state index contributed by atoms with van der Waals surface area (Å²) in [6, 6.07) is 14.2. The first-order valence-corrected chi connectivity index (χ1v) is 10.3. The number of aromatic nitrogens is 2. The largest absolute Gasteiger partial charge is 0.302 e. The molecule has 0 aliphatic carbocycles. The molecule has 0 unspecified atom stereocenters. The van der Waals surface area contributed by atoms with Crippen LogP contribution in [0.15, 0.2) is 54.7 Å². The summed E-state index contributed by atoms with van der Waals surface area (Å²) < 4.78 is 2.14. The molecular formula is C23H27N5O2. The molecule has 1 aliphatic heterocycles. The summed E-state index contributed by atoms with van der Waals surface area (Å²) in [5.41, 5.74) is 6.54. The molecule has 1 saturated heterocycles. The highest BCUT2D eigenvalue weighted by molar-refractivity contribution is 5.91. The Labute approximate surface area is 176 Å². The van der Waals surface area contributed by atoms with Crippen LogP contribution in [0.25, 0.3) is 23.0 Å². The second-order valence-corrected chi connectivity index (χ2v) is 7.48. The molecule has 0 bridgehead atoms. The van der Waals surface area contributed by atoms with Crippen molar-refractivity contribution in [3.05, 3.63) is 66.0 Å². The molecule has 0 spiro atoms. The molecule has 1 aromatic carbocycles. The lowest BCUT2D eigenvalue weighted by atomic mass is 10.1. The number of carbonyl (C=O) groups is 1. The second kappa shape index (κ2) is 9.21. The van der Waals surface area contributed by atoms with Crippen LogP contribution in [0.4, 0.5) is 0 Å². The monoisotopic (exact) mass is 405 g/mol. The van der Waals surface area contributed by atoms with E-state index in [0.717, 1.165) is 61.7 Å². The Balaban J connectivity index is 1.69. The van der Waals surface area contributed by atoms with Gasteiger partial charge in [0.2, 0.25) is 0 Å². The van der Waals surface area contributed by atoms with Gasteiger partial charge in [0.25, 0.3) is 5.91 Å². The number of hydroxylamine groups is 1. The lowest BCUT2D eigenvalue weighted by Crippen LogP contribution is -2.45. The number of fused-ring (bicyclic) bond motifs is 1. The van der Waals surface area contributed by atoms with Gasteiger partial charge in [-0.2, -0.15) is 0 Å². The molecule has 7 nitrogen and oxygen atoms in total. The van der Waals surface area contributed by atoms with E-state index in [1.54, 1.807) is 11.6 Å². The number of imidazole rings is 1. The molecule has 0 atom stereocenters. The van der Waals surface area contributed by atoms with Gasteiger partial charge in [-0.15, -0.1) is 0 Å². The highest BCUT2D eigenvalue weighted by Crippen LogP contribution is 2.26. The summed E-state index contributed by atoms with van der Waals surface area (Å²) in [5, 5.41) is 8.66. The Morgan fingerprint density at radius 1 is 1.13 bits per heavy atom. The first-order chi connectivity index (χ1) is 14.7. The van der Waals surface area contributed by atoms with Gasteiger partial charge in [-0.25, -0.2) is 10.5 Å². The van der Waals surface area contributed by atoms with Crippen LogP contribution in [-0.2, 0) is 11.3 Å². The lowest BCUT2D eigenvalue weighted by molar-refractivity contribution is -0.124. The van der Waals surface area contributed by atoms with Crippen LogP contribution < -0.4 is 5.48 Å². The van der Waals surface area contributed by atoms with Crippen LogP contribution >= 0.6 is 0 Å². The molecule has 7 heteroatoms. The number of hydrogen-bond donors (Lipinski definition) is 2. The van der Waals surface area contributed by atoms with Gasteiger partial charge in [0.15, 0.2) is 0 Å². The summed E-state index contributed by atoms with van der Waals surface area (Å²) in [4.78, 5) is 21.2. The van der Waals surface area contributed by atoms with Crippen molar-refractivity contribution in [1.29, 1.82) is 0 Å². The molecule has 0 radical (unpaired) electrons. The molecular weight excluding hydrogens is 378 g/mol. The molecule has 2 N–H and O–H groups in total. The minimum atomic E-state index is -0.560. The molecule has 156 valence electrons. The van der Waals surface area contributed by atoms with Crippen LogP contribution in [0.2, 0.25) is 0 Å². The fraction of sp³-hybridized carbons (Fsp3) is 0.304. The number of pyridine rings is 1. The molecule has 0 saturated carbocycles. The normalized spacial score (nSPS) is 15.8. The van der Waals surface area contributed by atoms with Gasteiger partial charge in [-0.3, -0.25) is 14.9 Å². The Morgan fingerprint density at radius 3 is 2.57 bits per heavy atom. The Morgan fingerprint density at radius 2 is 1.87 bits per heavy atom. The van der Waals surface area contributed by atoms with Crippen molar-refractivity contribution in [2.45, 2.75) is 13.5 Å². The Hall–Kier alpha value is -3.00. The van der Waals surface area contributed by atoms with Crippen LogP contribution in [0, 0.1) is 0 Å². The van der Waals surface area contributed by atoms with E-state index in [-0.39, 0.29) is 0 Å². The van der Waals surface area contributed by atoms with E-state index in [1.807, 2.05) is 36.5 Å². The predicted octanol–water partition coefficient (Wildman–Crippen LogP) is 2.66. The highest BCUT2D eigenvalue weighted by Gasteiger charge is 2.20. The standard InChI is InChI=1S/C23H27N5O2/c1-2-26-12-14-27(15-13-26)17-20-23(19-6-4-3-5-7-19)24-21-16-18(10-11-28(20)21)8-9-22(29)25-30/h3-11,16,30H,2,12-15,17H2,1H3,(H,25,29). The van der Waals surface area contributed by atoms with E-state index in [1.165, 1.54) is 11.8 Å². The second-order valence-electron chi connectivity index (χ2n) is 7.48. The quantitative estimate of drug-likeness (QED) is 0.375. The molecule has 3 aromatic rings. The summed E-state index contributed by atoms with van der Waals surface area (Å²) in [5.74, 6) is -0.560. The zero-order valence-electron chi connectivity index (χ0n) is 17.2. The van der Waals surface area contributed by atoms with Gasteiger partial charge in [0, 0.05) is 50.6 Å². The first kappa shape index (κ1) is 20.3. The molecule has 4 rings (SSSR count). The summed E-state index contributed by atoms with van der Waals surface area (Å²) in [6.07, 6.45) is 4.95. The van der Waals surface area contributed by atoms with E-state index in [4.69, 9.17) is 10.2 Å². The first-order valence-electron chi connectivity index (χ1n) is 10.3. The fourth-order valence-electron chi connectivity index (χ4n) is 3.88. The maximum atomic E-state index is 11.3. The van der Waals surface area contributed by atoms with E-state index in [0.29, 0.717) is 0 Å². The average molecular weight is 406 g/mol. The lowest BCUT2D eigenvalue weighted by Gasteiger charge is -2.34. The number of nitrogens with zero attached hydrogens (tertiary/aromatic N) is 4. The Kier molecular flexibility index (Phi) is 6.23. The third-order valence-corrected chi connectivity index (χ3v) is 5.62. The number of carbonyl (C=O) groups excluding carboxylic acids is 1. The zero-order chi connectivity index (χ0) is 20.9. The molecule has 1 fully saturated rings. The molecule has 3 heterocycles. The van der Waals surface area contributed by atoms with Crippen LogP contribution in [-0.4, -0.2) is 63.0 Å². The molecule has 2 aromatic heterocycles. The van der Waals surface area contributed by atoms with E-state index < -0.39 is 5.91 Å². The zero-order valence-corrected chi connectivity index (χ0v) is 17.2. The number of rotatable bonds is 6. The third-order valence-electron chi connectivity index (χ3n) is 5.62. The van der Waals surface area contributed by atoms with Crippen molar-refractivity contribution >= 4 is 17.6 Å². The van der Waals surface area contributed by atoms with Gasteiger partial charge in [0.05, 0.1) is 11.4 Å². The van der Waals surface area contributed by atoms with Gasteiger partial charge < -0.3 is 9.30 Å². The third kappa shape index (κ3) is 4.43. The molecule has 1 amide bonds. The smallest absolute Gasteiger partial charge is 0.267 e. The SMILES string of the molecule is CCN1CCN(Cc2c(-c3ccccc3)nc3cc(C=CC(=O)NO)ccn23)CC1. The van der Waals surface area contributed by atoms with Crippen molar-refractivity contribution in [2.24, 2.45) is 0 Å². The number of nitrogens with one attached hydrogen (secondary N) is 1. The predicted molar refractivity (Wildman–Crippen MR) is 117 cm³/mol. The van der Waals surface area contributed by atoms with Crippen molar-refractivity contribution < 1.29 is 10.0 Å². The fourth-order valence-corrected chi connectivity index (χ4v) is 3.88. The summed E-state index contributed by atoms with van der Waals surface area (Å²) >= 11 is 0. The van der Waals surface area contributed by atoms with Crippen LogP contribution in [0.3, 0.4) is 0 Å². The van der Waals surface area contributed by atoms with Crippen molar-refractivity contribution in [3.63, 3.8) is 0 Å². The number of benzene rings is 1. The number of hydrogen-bond acceptors (Lipinski definition) is 5. The maximum Gasteiger partial charge on any atom is 0.267 e.